The Bertz CT molecular complexity index is 899. The normalized spacial score (nSPS) is 13.7. The van der Waals surface area contributed by atoms with Crippen molar-refractivity contribution < 1.29 is 14.3 Å². The number of hydrogen-bond donors (Lipinski definition) is 2. The van der Waals surface area contributed by atoms with E-state index >= 15 is 0 Å². The largest absolute Gasteiger partial charge is 0.497 e. The minimum Gasteiger partial charge on any atom is -0.497 e. The Hall–Kier alpha value is -2.69. The average Bonchev–Trinajstić information content (AvgIpc) is 2.85. The van der Waals surface area contributed by atoms with Crippen molar-refractivity contribution in [3.63, 3.8) is 0 Å². The number of nitrogens with zero attached hydrogens (tertiary/aromatic N) is 3. The minimum atomic E-state index is -0.105. The summed E-state index contributed by atoms with van der Waals surface area (Å²) in [6, 6.07) is 15.8. The zero-order valence-electron chi connectivity index (χ0n) is 19.5. The van der Waals surface area contributed by atoms with Crippen LogP contribution in [0.25, 0.3) is 0 Å². The van der Waals surface area contributed by atoms with Gasteiger partial charge in [0.15, 0.2) is 5.96 Å². The van der Waals surface area contributed by atoms with Crippen LogP contribution in [0.4, 0.5) is 5.69 Å². The van der Waals surface area contributed by atoms with Gasteiger partial charge in [0.1, 0.15) is 18.0 Å². The summed E-state index contributed by atoms with van der Waals surface area (Å²) < 4.78 is 10.5. The topological polar surface area (TPSA) is 78.4 Å². The molecule has 0 spiro atoms. The second-order valence-electron chi connectivity index (χ2n) is 7.47. The zero-order valence-corrected chi connectivity index (χ0v) is 21.9. The van der Waals surface area contributed by atoms with E-state index in [1.54, 1.807) is 14.2 Å². The molecule has 180 valence electrons. The molecule has 1 aliphatic heterocycles. The van der Waals surface area contributed by atoms with Crippen LogP contribution >= 0.6 is 24.0 Å². The van der Waals surface area contributed by atoms with Crippen molar-refractivity contribution in [2.24, 2.45) is 4.99 Å². The fraction of sp³-hybridized carbons (Fsp3) is 0.417. The third-order valence-electron chi connectivity index (χ3n) is 5.35. The number of aliphatic imine (C=N–C) groups is 1. The van der Waals surface area contributed by atoms with Crippen LogP contribution in [0.3, 0.4) is 0 Å². The Morgan fingerprint density at radius 3 is 2.30 bits per heavy atom. The van der Waals surface area contributed by atoms with Gasteiger partial charge < -0.3 is 29.9 Å². The molecular weight excluding hydrogens is 533 g/mol. The fourth-order valence-corrected chi connectivity index (χ4v) is 3.56. The van der Waals surface area contributed by atoms with Gasteiger partial charge in [0.05, 0.1) is 14.2 Å². The molecule has 0 bridgehead atoms. The molecular formula is C24H34IN5O3. The number of methoxy groups -OCH3 is 2. The van der Waals surface area contributed by atoms with Crippen LogP contribution < -0.4 is 25.0 Å². The molecule has 33 heavy (non-hydrogen) atoms. The highest BCUT2D eigenvalue weighted by Crippen LogP contribution is 2.22. The van der Waals surface area contributed by atoms with Gasteiger partial charge in [-0.05, 0) is 36.8 Å². The van der Waals surface area contributed by atoms with Gasteiger partial charge in [0, 0.05) is 51.0 Å². The molecule has 1 saturated heterocycles. The highest BCUT2D eigenvalue weighted by molar-refractivity contribution is 14.0. The van der Waals surface area contributed by atoms with Crippen LogP contribution in [0.1, 0.15) is 12.5 Å². The van der Waals surface area contributed by atoms with Crippen molar-refractivity contribution in [3.8, 4) is 11.5 Å². The summed E-state index contributed by atoms with van der Waals surface area (Å²) in [5.74, 6) is 2.33. The Kier molecular flexibility index (Phi) is 11.1. The lowest BCUT2D eigenvalue weighted by Crippen LogP contribution is -2.52. The molecule has 0 unspecified atom stereocenters. The minimum absolute atomic E-state index is 0. The van der Waals surface area contributed by atoms with Gasteiger partial charge in [0.25, 0.3) is 0 Å². The van der Waals surface area contributed by atoms with Crippen LogP contribution in [-0.2, 0) is 11.3 Å². The third kappa shape index (κ3) is 7.99. The van der Waals surface area contributed by atoms with Gasteiger partial charge in [-0.25, -0.2) is 4.99 Å². The van der Waals surface area contributed by atoms with Gasteiger partial charge >= 0.3 is 0 Å². The number of carbonyl (C=O) groups excluding carboxylic acids is 1. The van der Waals surface area contributed by atoms with E-state index in [9.17, 15) is 4.79 Å². The van der Waals surface area contributed by atoms with Crippen molar-refractivity contribution in [3.05, 3.63) is 54.1 Å². The Labute approximate surface area is 213 Å². The summed E-state index contributed by atoms with van der Waals surface area (Å²) in [7, 11) is 3.32. The first-order valence-electron chi connectivity index (χ1n) is 10.9. The number of benzene rings is 2. The number of guanidine groups is 1. The van der Waals surface area contributed by atoms with Gasteiger partial charge in [0.2, 0.25) is 5.91 Å². The van der Waals surface area contributed by atoms with Crippen LogP contribution in [0, 0.1) is 0 Å². The molecule has 1 amide bonds. The van der Waals surface area contributed by atoms with Crippen molar-refractivity contribution >= 4 is 41.5 Å². The Morgan fingerprint density at radius 2 is 1.67 bits per heavy atom. The van der Waals surface area contributed by atoms with E-state index in [4.69, 9.17) is 9.47 Å². The Balaban J connectivity index is 0.00000385. The van der Waals surface area contributed by atoms with Crippen molar-refractivity contribution in [2.75, 3.05) is 58.4 Å². The maximum absolute atomic E-state index is 12.3. The molecule has 9 heteroatoms. The molecule has 8 nitrogen and oxygen atoms in total. The first-order valence-corrected chi connectivity index (χ1v) is 10.9. The van der Waals surface area contributed by atoms with Gasteiger partial charge in [-0.2, -0.15) is 0 Å². The number of rotatable bonds is 8. The lowest BCUT2D eigenvalue weighted by Gasteiger charge is -2.37. The predicted molar refractivity (Wildman–Crippen MR) is 143 cm³/mol. The molecule has 0 aliphatic carbocycles. The van der Waals surface area contributed by atoms with E-state index in [1.807, 2.05) is 43.3 Å². The smallest absolute Gasteiger partial charge is 0.242 e. The first-order chi connectivity index (χ1) is 15.6. The third-order valence-corrected chi connectivity index (χ3v) is 5.35. The predicted octanol–water partition coefficient (Wildman–Crippen LogP) is 2.73. The summed E-state index contributed by atoms with van der Waals surface area (Å²) in [5, 5.41) is 6.23. The van der Waals surface area contributed by atoms with E-state index in [0.29, 0.717) is 6.54 Å². The van der Waals surface area contributed by atoms with Gasteiger partial charge in [-0.3, -0.25) is 4.79 Å². The van der Waals surface area contributed by atoms with Crippen molar-refractivity contribution in [1.82, 2.24) is 15.5 Å². The second kappa shape index (κ2) is 13.8. The molecule has 3 rings (SSSR count). The molecule has 2 N–H and O–H groups in total. The highest BCUT2D eigenvalue weighted by Gasteiger charge is 2.20. The molecule has 0 atom stereocenters. The van der Waals surface area contributed by atoms with E-state index in [2.05, 4.69) is 37.6 Å². The maximum atomic E-state index is 12.3. The fourth-order valence-electron chi connectivity index (χ4n) is 3.56. The molecule has 1 heterocycles. The summed E-state index contributed by atoms with van der Waals surface area (Å²) in [6.07, 6.45) is 0. The molecule has 0 radical (unpaired) electrons. The molecule has 1 aliphatic rings. The van der Waals surface area contributed by atoms with Crippen LogP contribution in [0.5, 0.6) is 11.5 Å². The lowest BCUT2D eigenvalue weighted by molar-refractivity contribution is -0.119. The number of nitrogens with one attached hydrogen (secondary N) is 2. The number of hydrogen-bond acceptors (Lipinski definition) is 5. The average molecular weight is 567 g/mol. The molecule has 2 aromatic rings. The monoisotopic (exact) mass is 567 g/mol. The number of carbonyl (C=O) groups is 1. The summed E-state index contributed by atoms with van der Waals surface area (Å²) >= 11 is 0. The summed E-state index contributed by atoms with van der Waals surface area (Å²) in [6.45, 7) is 6.76. The highest BCUT2D eigenvalue weighted by atomic mass is 127. The second-order valence-corrected chi connectivity index (χ2v) is 7.47. The van der Waals surface area contributed by atoms with Crippen LogP contribution in [-0.4, -0.2) is 70.3 Å². The standard InChI is InChI=1S/C24H33N5O3.HI/c1-4-25-24(27-18-23(30)26-17-19-8-10-21(31-2)11-9-19)29-14-12-28(13-15-29)20-6-5-7-22(16-20)32-3;/h5-11,16H,4,12-15,17-18H2,1-3H3,(H,25,27)(H,26,30);1H. The van der Waals surface area contributed by atoms with Gasteiger partial charge in [-0.1, -0.05) is 18.2 Å². The van der Waals surface area contributed by atoms with E-state index in [-0.39, 0.29) is 36.4 Å². The summed E-state index contributed by atoms with van der Waals surface area (Å²) in [5.41, 5.74) is 2.17. The molecule has 2 aromatic carbocycles. The quantitative estimate of drug-likeness (QED) is 0.290. The molecule has 0 saturated carbocycles. The number of anilines is 1. The number of ether oxygens (including phenoxy) is 2. The zero-order chi connectivity index (χ0) is 22.8. The van der Waals surface area contributed by atoms with Crippen molar-refractivity contribution in [2.45, 2.75) is 13.5 Å². The van der Waals surface area contributed by atoms with Crippen LogP contribution in [0.15, 0.2) is 53.5 Å². The van der Waals surface area contributed by atoms with E-state index in [1.165, 1.54) is 0 Å². The first kappa shape index (κ1) is 26.6. The maximum Gasteiger partial charge on any atom is 0.242 e. The van der Waals surface area contributed by atoms with Crippen molar-refractivity contribution in [1.29, 1.82) is 0 Å². The van der Waals surface area contributed by atoms with Gasteiger partial charge in [-0.15, -0.1) is 24.0 Å². The Morgan fingerprint density at radius 1 is 0.970 bits per heavy atom. The van der Waals surface area contributed by atoms with E-state index in [0.717, 1.165) is 61.4 Å². The molecule has 1 fully saturated rings. The SMILES string of the molecule is CCNC(=NCC(=O)NCc1ccc(OC)cc1)N1CCN(c2cccc(OC)c2)CC1.I. The molecule has 0 aromatic heterocycles. The summed E-state index contributed by atoms with van der Waals surface area (Å²) in [4.78, 5) is 21.4. The number of halogens is 1. The lowest BCUT2D eigenvalue weighted by atomic mass is 10.2. The number of piperazine rings is 1. The van der Waals surface area contributed by atoms with E-state index < -0.39 is 0 Å². The number of amides is 1. The van der Waals surface area contributed by atoms with Crippen LogP contribution in [0.2, 0.25) is 0 Å².